The first kappa shape index (κ1) is 46.7. The maximum absolute atomic E-state index is 5.06. The summed E-state index contributed by atoms with van der Waals surface area (Å²) in [4.78, 5) is 14.4. The van der Waals surface area contributed by atoms with Gasteiger partial charge in [0, 0.05) is 75.9 Å². The SMILES string of the molecule is [Ir].[c-]1ccc(-c2ccccc2)cc1-c1ccccn1.c1ccc(-c2cc(-c3ccc(-n4c5ccccc5c5cc(-c6ccc7c(c6)c6ccccc6n7-c6ccccc6)ccc54)cc3)nc(-c3ccccc3)n2)cc1. The van der Waals surface area contributed by atoms with Crippen molar-refractivity contribution in [2.24, 2.45) is 0 Å². The van der Waals surface area contributed by atoms with Crippen LogP contribution in [0.3, 0.4) is 0 Å². The molecule has 0 fully saturated rings. The van der Waals surface area contributed by atoms with Crippen molar-refractivity contribution in [1.82, 2.24) is 24.1 Å². The van der Waals surface area contributed by atoms with E-state index in [2.05, 4.69) is 214 Å². The van der Waals surface area contributed by atoms with Crippen LogP contribution in [0.5, 0.6) is 0 Å². The Morgan fingerprint density at radius 3 is 1.29 bits per heavy atom. The molecule has 0 aliphatic heterocycles. The molecule has 4 aromatic heterocycles. The Balaban J connectivity index is 0.000000253. The van der Waals surface area contributed by atoms with Gasteiger partial charge in [0.25, 0.3) is 0 Å². The zero-order chi connectivity index (χ0) is 49.2. The molecule has 75 heavy (non-hydrogen) atoms. The molecule has 0 saturated heterocycles. The van der Waals surface area contributed by atoms with E-state index in [1.807, 2.05) is 78.9 Å². The molecule has 0 bridgehead atoms. The van der Waals surface area contributed by atoms with Gasteiger partial charge < -0.3 is 14.1 Å². The molecule has 0 spiro atoms. The number of hydrogen-bond acceptors (Lipinski definition) is 3. The molecule has 0 N–H and O–H groups in total. The molecule has 0 aliphatic carbocycles. The van der Waals surface area contributed by atoms with E-state index in [4.69, 9.17) is 9.97 Å². The van der Waals surface area contributed by atoms with E-state index < -0.39 is 0 Å². The van der Waals surface area contributed by atoms with Crippen molar-refractivity contribution < 1.29 is 20.1 Å². The van der Waals surface area contributed by atoms with Crippen molar-refractivity contribution >= 4 is 43.6 Å². The van der Waals surface area contributed by atoms with Gasteiger partial charge in [-0.25, -0.2) is 9.97 Å². The Hall–Kier alpha value is -9.32. The maximum Gasteiger partial charge on any atom is 0.160 e. The first-order valence-corrected chi connectivity index (χ1v) is 24.9. The van der Waals surface area contributed by atoms with Crippen LogP contribution in [0.4, 0.5) is 0 Å². The molecular formula is C69H46IrN5-. The third kappa shape index (κ3) is 9.15. The van der Waals surface area contributed by atoms with Crippen LogP contribution in [0.2, 0.25) is 0 Å². The maximum atomic E-state index is 5.06. The second-order valence-electron chi connectivity index (χ2n) is 18.3. The van der Waals surface area contributed by atoms with Crippen LogP contribution in [-0.4, -0.2) is 24.1 Å². The Kier molecular flexibility index (Phi) is 12.9. The molecule has 6 heteroatoms. The number of pyridine rings is 1. The average Bonchev–Trinajstić information content (AvgIpc) is 4.02. The van der Waals surface area contributed by atoms with E-state index in [9.17, 15) is 0 Å². The van der Waals surface area contributed by atoms with Crippen molar-refractivity contribution in [3.8, 4) is 78.8 Å². The summed E-state index contributed by atoms with van der Waals surface area (Å²) in [6, 6.07) is 98.9. The van der Waals surface area contributed by atoms with Gasteiger partial charge in [0.15, 0.2) is 5.82 Å². The van der Waals surface area contributed by atoms with Crippen LogP contribution in [0.15, 0.2) is 279 Å². The van der Waals surface area contributed by atoms with Crippen LogP contribution in [0.25, 0.3) is 122 Å². The number of hydrogen-bond donors (Lipinski definition) is 0. The summed E-state index contributed by atoms with van der Waals surface area (Å²) in [6.45, 7) is 0. The minimum Gasteiger partial charge on any atom is -0.309 e. The Bertz CT molecular complexity index is 4160. The molecule has 357 valence electrons. The van der Waals surface area contributed by atoms with Crippen molar-refractivity contribution in [3.05, 3.63) is 285 Å². The molecule has 1 radical (unpaired) electrons. The topological polar surface area (TPSA) is 48.5 Å². The molecule has 4 heterocycles. The first-order chi connectivity index (χ1) is 36.7. The quantitative estimate of drug-likeness (QED) is 0.142. The summed E-state index contributed by atoms with van der Waals surface area (Å²) in [5, 5.41) is 4.96. The molecule has 14 rings (SSSR count). The minimum absolute atomic E-state index is 0. The van der Waals surface area contributed by atoms with E-state index >= 15 is 0 Å². The number of para-hydroxylation sites is 3. The average molecular weight is 1140 g/mol. The minimum atomic E-state index is 0. The normalized spacial score (nSPS) is 11.1. The van der Waals surface area contributed by atoms with E-state index in [0.29, 0.717) is 5.82 Å². The smallest absolute Gasteiger partial charge is 0.160 e. The number of aromatic nitrogens is 5. The van der Waals surface area contributed by atoms with Crippen molar-refractivity contribution in [2.75, 3.05) is 0 Å². The zero-order valence-corrected chi connectivity index (χ0v) is 43.0. The third-order valence-corrected chi connectivity index (χ3v) is 13.8. The fourth-order valence-corrected chi connectivity index (χ4v) is 10.2. The van der Waals surface area contributed by atoms with Gasteiger partial charge in [0.2, 0.25) is 0 Å². The summed E-state index contributed by atoms with van der Waals surface area (Å²) < 4.78 is 4.74. The van der Waals surface area contributed by atoms with Crippen LogP contribution in [0, 0.1) is 6.07 Å². The van der Waals surface area contributed by atoms with E-state index in [1.165, 1.54) is 71.6 Å². The molecule has 10 aromatic carbocycles. The fourth-order valence-electron chi connectivity index (χ4n) is 10.2. The summed E-state index contributed by atoms with van der Waals surface area (Å²) in [7, 11) is 0. The van der Waals surface area contributed by atoms with Crippen molar-refractivity contribution in [2.45, 2.75) is 0 Å². The number of nitrogens with zero attached hydrogens (tertiary/aromatic N) is 5. The van der Waals surface area contributed by atoms with Gasteiger partial charge in [0.1, 0.15) is 0 Å². The molecular weight excluding hydrogens is 1090 g/mol. The first-order valence-electron chi connectivity index (χ1n) is 24.9. The van der Waals surface area contributed by atoms with E-state index in [0.717, 1.165) is 45.0 Å². The van der Waals surface area contributed by atoms with Crippen LogP contribution in [0.1, 0.15) is 0 Å². The molecule has 0 atom stereocenters. The number of rotatable bonds is 8. The van der Waals surface area contributed by atoms with Gasteiger partial charge in [-0.15, -0.1) is 35.4 Å². The van der Waals surface area contributed by atoms with Crippen LogP contribution >= 0.6 is 0 Å². The summed E-state index contributed by atoms with van der Waals surface area (Å²) in [5.74, 6) is 0.713. The Labute approximate surface area is 449 Å². The predicted octanol–water partition coefficient (Wildman–Crippen LogP) is 17.6. The van der Waals surface area contributed by atoms with Gasteiger partial charge >= 0.3 is 0 Å². The largest absolute Gasteiger partial charge is 0.309 e. The third-order valence-electron chi connectivity index (χ3n) is 13.8. The second-order valence-corrected chi connectivity index (χ2v) is 18.3. The van der Waals surface area contributed by atoms with Crippen LogP contribution in [-0.2, 0) is 20.1 Å². The number of fused-ring (bicyclic) bond motifs is 6. The van der Waals surface area contributed by atoms with Gasteiger partial charge in [-0.1, -0.05) is 182 Å². The van der Waals surface area contributed by atoms with Crippen molar-refractivity contribution in [1.29, 1.82) is 0 Å². The van der Waals surface area contributed by atoms with E-state index in [-0.39, 0.29) is 20.1 Å². The van der Waals surface area contributed by atoms with Crippen LogP contribution < -0.4 is 0 Å². The Morgan fingerprint density at radius 2 is 0.733 bits per heavy atom. The zero-order valence-electron chi connectivity index (χ0n) is 40.6. The summed E-state index contributed by atoms with van der Waals surface area (Å²) in [5.41, 5.74) is 18.7. The predicted molar refractivity (Wildman–Crippen MR) is 306 cm³/mol. The molecule has 14 aromatic rings. The second kappa shape index (κ2) is 20.7. The molecule has 0 amide bonds. The van der Waals surface area contributed by atoms with Gasteiger partial charge in [-0.3, -0.25) is 0 Å². The summed E-state index contributed by atoms with van der Waals surface area (Å²) >= 11 is 0. The molecule has 0 unspecified atom stereocenters. The monoisotopic (exact) mass is 1140 g/mol. The summed E-state index contributed by atoms with van der Waals surface area (Å²) in [6.07, 6.45) is 1.80. The Morgan fingerprint density at radius 1 is 0.293 bits per heavy atom. The fraction of sp³-hybridized carbons (Fsp3) is 0. The standard InChI is InChI=1S/C52H34N4.C17H12N.Ir/c1-4-14-35(15-5-1)46-34-47(54-52(53-46)37-16-6-2-7-17-37)36-24-28-41(29-25-36)56-49-23-13-11-21-43(49)45-33-39(27-31-51(45)56)38-26-30-50-44(32-38)42-20-10-12-22-48(42)55(50)40-18-8-3-9-19-40;1-2-7-14(8-3-1)15-9-6-10-16(13-15)17-11-4-5-12-18-17;/h1-34H;1-9,11-13H;/q;-1;. The molecule has 5 nitrogen and oxygen atoms in total. The van der Waals surface area contributed by atoms with E-state index in [1.54, 1.807) is 6.20 Å². The van der Waals surface area contributed by atoms with Gasteiger partial charge in [0.05, 0.1) is 33.5 Å². The van der Waals surface area contributed by atoms with Crippen molar-refractivity contribution in [3.63, 3.8) is 0 Å². The van der Waals surface area contributed by atoms with Gasteiger partial charge in [-0.05, 0) is 95.2 Å². The number of benzene rings is 10. The van der Waals surface area contributed by atoms with Gasteiger partial charge in [-0.2, -0.15) is 0 Å². The molecule has 0 aliphatic rings. The molecule has 0 saturated carbocycles.